The fraction of sp³-hybridized carbons (Fsp3) is 0.800. The summed E-state index contributed by atoms with van der Waals surface area (Å²) in [6, 6.07) is 0. The molecule has 0 aliphatic carbocycles. The van der Waals surface area contributed by atoms with Crippen molar-refractivity contribution in [3.05, 3.63) is 16.6 Å². The molecule has 1 unspecified atom stereocenters. The molecular formula is C15H26N4S. The van der Waals surface area contributed by atoms with E-state index in [9.17, 15) is 0 Å². The molecule has 0 radical (unpaired) electrons. The summed E-state index contributed by atoms with van der Waals surface area (Å²) in [6.45, 7) is 9.81. The van der Waals surface area contributed by atoms with Gasteiger partial charge in [-0.25, -0.2) is 4.98 Å². The van der Waals surface area contributed by atoms with Crippen molar-refractivity contribution in [2.75, 3.05) is 52.9 Å². The first-order valence-electron chi connectivity index (χ1n) is 7.81. The van der Waals surface area contributed by atoms with Crippen LogP contribution in [0.3, 0.4) is 0 Å². The zero-order valence-electron chi connectivity index (χ0n) is 12.5. The van der Waals surface area contributed by atoms with Crippen LogP contribution in [0.15, 0.2) is 11.6 Å². The van der Waals surface area contributed by atoms with E-state index in [1.807, 2.05) is 6.20 Å². The fourth-order valence-electron chi connectivity index (χ4n) is 3.36. The molecule has 112 valence electrons. The van der Waals surface area contributed by atoms with E-state index in [0.717, 1.165) is 12.5 Å². The Balaban J connectivity index is 1.45. The molecule has 0 amide bonds. The summed E-state index contributed by atoms with van der Waals surface area (Å²) in [7, 11) is 2.23. The Morgan fingerprint density at radius 1 is 1.20 bits per heavy atom. The lowest BCUT2D eigenvalue weighted by atomic mass is 9.97. The Morgan fingerprint density at radius 3 is 2.80 bits per heavy atom. The minimum Gasteiger partial charge on any atom is -0.304 e. The molecule has 5 heteroatoms. The third-order valence-electron chi connectivity index (χ3n) is 4.56. The van der Waals surface area contributed by atoms with Gasteiger partial charge in [0.25, 0.3) is 0 Å². The molecule has 2 aliphatic heterocycles. The van der Waals surface area contributed by atoms with Crippen LogP contribution in [0.25, 0.3) is 0 Å². The molecule has 1 atom stereocenters. The number of piperidine rings is 1. The van der Waals surface area contributed by atoms with Gasteiger partial charge in [-0.2, -0.15) is 0 Å². The molecular weight excluding hydrogens is 268 g/mol. The van der Waals surface area contributed by atoms with E-state index >= 15 is 0 Å². The van der Waals surface area contributed by atoms with Gasteiger partial charge in [0.05, 0.1) is 6.54 Å². The molecule has 0 aromatic carbocycles. The minimum atomic E-state index is 0.854. The number of nitrogens with zero attached hydrogens (tertiary/aromatic N) is 4. The molecule has 2 aliphatic rings. The van der Waals surface area contributed by atoms with Crippen molar-refractivity contribution in [1.82, 2.24) is 19.7 Å². The third-order valence-corrected chi connectivity index (χ3v) is 5.32. The molecule has 1 aromatic rings. The fourth-order valence-corrected chi connectivity index (χ4v) is 4.02. The number of hydrogen-bond acceptors (Lipinski definition) is 5. The molecule has 20 heavy (non-hydrogen) atoms. The van der Waals surface area contributed by atoms with Crippen molar-refractivity contribution in [2.45, 2.75) is 19.4 Å². The van der Waals surface area contributed by atoms with Crippen LogP contribution in [0.5, 0.6) is 0 Å². The van der Waals surface area contributed by atoms with E-state index in [1.54, 1.807) is 11.3 Å². The van der Waals surface area contributed by atoms with Crippen LogP contribution in [-0.2, 0) is 6.54 Å². The molecule has 3 heterocycles. The summed E-state index contributed by atoms with van der Waals surface area (Å²) in [4.78, 5) is 12.1. The first-order valence-corrected chi connectivity index (χ1v) is 8.69. The summed E-state index contributed by atoms with van der Waals surface area (Å²) in [6.07, 6.45) is 4.68. The molecule has 0 bridgehead atoms. The van der Waals surface area contributed by atoms with Crippen molar-refractivity contribution >= 4 is 11.3 Å². The summed E-state index contributed by atoms with van der Waals surface area (Å²) in [5, 5.41) is 3.35. The van der Waals surface area contributed by atoms with Crippen LogP contribution in [0.1, 0.15) is 17.8 Å². The number of aromatic nitrogens is 1. The Hall–Kier alpha value is -0.490. The monoisotopic (exact) mass is 294 g/mol. The standard InChI is InChI=1S/C15H26N4S/c1-17-6-8-18(9-7-17)11-14-3-2-5-19(12-14)13-15-16-4-10-20-15/h4,10,14H,2-3,5-9,11-13H2,1H3. The first kappa shape index (κ1) is 14.4. The Labute approximate surface area is 126 Å². The van der Waals surface area contributed by atoms with Crippen molar-refractivity contribution in [3.63, 3.8) is 0 Å². The lowest BCUT2D eigenvalue weighted by Crippen LogP contribution is -2.48. The predicted octanol–water partition coefficient (Wildman–Crippen LogP) is 1.60. The third kappa shape index (κ3) is 4.01. The van der Waals surface area contributed by atoms with Crippen LogP contribution in [0.2, 0.25) is 0 Å². The topological polar surface area (TPSA) is 22.6 Å². The maximum atomic E-state index is 4.42. The lowest BCUT2D eigenvalue weighted by Gasteiger charge is -2.38. The Bertz CT molecular complexity index is 387. The summed E-state index contributed by atoms with van der Waals surface area (Å²) < 4.78 is 0. The maximum absolute atomic E-state index is 4.42. The lowest BCUT2D eigenvalue weighted by molar-refractivity contribution is 0.0966. The van der Waals surface area contributed by atoms with Gasteiger partial charge in [0.2, 0.25) is 0 Å². The Kier molecular flexibility index (Phi) is 5.04. The molecule has 0 spiro atoms. The molecule has 1 aromatic heterocycles. The van der Waals surface area contributed by atoms with Crippen LogP contribution >= 0.6 is 11.3 Å². The summed E-state index contributed by atoms with van der Waals surface area (Å²) in [5.41, 5.74) is 0. The van der Waals surface area contributed by atoms with Crippen molar-refractivity contribution in [1.29, 1.82) is 0 Å². The molecule has 2 saturated heterocycles. The van der Waals surface area contributed by atoms with Gasteiger partial charge < -0.3 is 9.80 Å². The number of thiazole rings is 1. The highest BCUT2D eigenvalue weighted by Gasteiger charge is 2.24. The number of likely N-dealkylation sites (tertiary alicyclic amines) is 1. The molecule has 0 N–H and O–H groups in total. The average molecular weight is 294 g/mol. The van der Waals surface area contributed by atoms with Gasteiger partial charge in [-0.05, 0) is 32.4 Å². The van der Waals surface area contributed by atoms with Gasteiger partial charge in [-0.3, -0.25) is 4.90 Å². The normalized spacial score (nSPS) is 26.9. The first-order chi connectivity index (χ1) is 9.79. The van der Waals surface area contributed by atoms with E-state index in [2.05, 4.69) is 32.1 Å². The van der Waals surface area contributed by atoms with Crippen LogP contribution in [0, 0.1) is 5.92 Å². The molecule has 0 saturated carbocycles. The number of likely N-dealkylation sites (N-methyl/N-ethyl adjacent to an activating group) is 1. The second kappa shape index (κ2) is 6.98. The zero-order valence-corrected chi connectivity index (χ0v) is 13.3. The van der Waals surface area contributed by atoms with Crippen molar-refractivity contribution in [3.8, 4) is 0 Å². The largest absolute Gasteiger partial charge is 0.304 e. The van der Waals surface area contributed by atoms with E-state index in [0.29, 0.717) is 0 Å². The Morgan fingerprint density at radius 2 is 2.05 bits per heavy atom. The van der Waals surface area contributed by atoms with Gasteiger partial charge in [-0.1, -0.05) is 0 Å². The van der Waals surface area contributed by atoms with Gasteiger partial charge >= 0.3 is 0 Å². The predicted molar refractivity (Wildman–Crippen MR) is 84.1 cm³/mol. The van der Waals surface area contributed by atoms with Crippen LogP contribution < -0.4 is 0 Å². The van der Waals surface area contributed by atoms with E-state index < -0.39 is 0 Å². The quantitative estimate of drug-likeness (QED) is 0.841. The summed E-state index contributed by atoms with van der Waals surface area (Å²) in [5.74, 6) is 0.854. The summed E-state index contributed by atoms with van der Waals surface area (Å²) >= 11 is 1.78. The SMILES string of the molecule is CN1CCN(CC2CCCN(Cc3nccs3)C2)CC1. The number of rotatable bonds is 4. The van der Waals surface area contributed by atoms with E-state index in [-0.39, 0.29) is 0 Å². The maximum Gasteiger partial charge on any atom is 0.107 e. The van der Waals surface area contributed by atoms with E-state index in [1.165, 1.54) is 63.7 Å². The highest BCUT2D eigenvalue weighted by molar-refractivity contribution is 7.09. The number of piperazine rings is 1. The van der Waals surface area contributed by atoms with Crippen LogP contribution in [-0.4, -0.2) is 72.5 Å². The van der Waals surface area contributed by atoms with Crippen molar-refractivity contribution in [2.24, 2.45) is 5.92 Å². The highest BCUT2D eigenvalue weighted by atomic mass is 32.1. The average Bonchev–Trinajstić information content (AvgIpc) is 2.95. The molecule has 4 nitrogen and oxygen atoms in total. The van der Waals surface area contributed by atoms with E-state index in [4.69, 9.17) is 0 Å². The number of hydrogen-bond donors (Lipinski definition) is 0. The molecule has 2 fully saturated rings. The van der Waals surface area contributed by atoms with Gasteiger partial charge in [0, 0.05) is 50.8 Å². The van der Waals surface area contributed by atoms with Gasteiger partial charge in [0.15, 0.2) is 0 Å². The zero-order chi connectivity index (χ0) is 13.8. The van der Waals surface area contributed by atoms with Crippen molar-refractivity contribution < 1.29 is 0 Å². The van der Waals surface area contributed by atoms with Crippen LogP contribution in [0.4, 0.5) is 0 Å². The molecule has 3 rings (SSSR count). The highest BCUT2D eigenvalue weighted by Crippen LogP contribution is 2.20. The minimum absolute atomic E-state index is 0.854. The smallest absolute Gasteiger partial charge is 0.107 e. The second-order valence-corrected chi connectivity index (χ2v) is 7.25. The second-order valence-electron chi connectivity index (χ2n) is 6.27. The van der Waals surface area contributed by atoms with Gasteiger partial charge in [0.1, 0.15) is 5.01 Å². The van der Waals surface area contributed by atoms with Gasteiger partial charge in [-0.15, -0.1) is 11.3 Å².